The minimum atomic E-state index is -4.67. The molecule has 11 nitrogen and oxygen atoms in total. The smallest absolute Gasteiger partial charge is 0.273 e. The van der Waals surface area contributed by atoms with Gasteiger partial charge in [-0.25, -0.2) is 8.42 Å². The number of carbonyl (C=O) groups excluding carboxylic acids is 2. The van der Waals surface area contributed by atoms with Crippen molar-refractivity contribution in [2.24, 2.45) is 0 Å². The molecule has 0 aliphatic heterocycles. The molecule has 0 aliphatic rings. The van der Waals surface area contributed by atoms with Gasteiger partial charge in [0.1, 0.15) is 18.3 Å². The Bertz CT molecular complexity index is 1910. The highest BCUT2D eigenvalue weighted by atomic mass is 79.9. The molecule has 0 aliphatic carbocycles. The first-order chi connectivity index (χ1) is 23.3. The number of nitrogens with one attached hydrogen (secondary N) is 1. The van der Waals surface area contributed by atoms with Crippen molar-refractivity contribution in [1.82, 2.24) is 10.2 Å². The van der Waals surface area contributed by atoms with Crippen LogP contribution in [0, 0.1) is 17.0 Å². The van der Waals surface area contributed by atoms with Crippen molar-refractivity contribution in [3.63, 3.8) is 0 Å². The predicted molar refractivity (Wildman–Crippen MR) is 192 cm³/mol. The summed E-state index contributed by atoms with van der Waals surface area (Å²) in [6.07, 6.45) is 0.809. The fourth-order valence-corrected chi connectivity index (χ4v) is 7.02. The van der Waals surface area contributed by atoms with Crippen LogP contribution in [0.4, 0.5) is 11.4 Å². The van der Waals surface area contributed by atoms with Gasteiger partial charge in [0.15, 0.2) is 0 Å². The maximum absolute atomic E-state index is 14.6. The van der Waals surface area contributed by atoms with E-state index < -0.39 is 49.9 Å². The number of anilines is 1. The van der Waals surface area contributed by atoms with Gasteiger partial charge in [-0.05, 0) is 60.9 Å². The van der Waals surface area contributed by atoms with Gasteiger partial charge in [-0.3, -0.25) is 24.0 Å². The molecule has 0 saturated heterocycles. The van der Waals surface area contributed by atoms with Crippen molar-refractivity contribution in [2.45, 2.75) is 44.2 Å². The van der Waals surface area contributed by atoms with Gasteiger partial charge in [-0.1, -0.05) is 83.0 Å². The first-order valence-corrected chi connectivity index (χ1v) is 17.9. The number of rotatable bonds is 15. The Morgan fingerprint density at radius 3 is 2.33 bits per heavy atom. The van der Waals surface area contributed by atoms with E-state index in [2.05, 4.69) is 21.2 Å². The zero-order valence-electron chi connectivity index (χ0n) is 27.1. The predicted octanol–water partition coefficient (Wildman–Crippen LogP) is 6.69. The Kier molecular flexibility index (Phi) is 12.8. The van der Waals surface area contributed by atoms with Crippen molar-refractivity contribution in [3.05, 3.63) is 127 Å². The van der Waals surface area contributed by atoms with Gasteiger partial charge in [0.2, 0.25) is 11.8 Å². The third-order valence-electron chi connectivity index (χ3n) is 7.74. The summed E-state index contributed by atoms with van der Waals surface area (Å²) in [7, 11) is -3.33. The standard InChI is InChI=1S/C35H36BrClN4O7S/c1-4-18-38-35(43)32(19-25-8-6-5-7-9-25)39(22-26-11-13-27(36)14-12-26)34(42)23-40(31-20-28(37)15-17-33(31)48-3)49(46,47)29-16-10-24(2)30(21-29)41(44)45/h5-17,20-21,32H,4,18-19,22-23H2,1-3H3,(H,38,43). The molecule has 258 valence electrons. The lowest BCUT2D eigenvalue weighted by atomic mass is 10.0. The maximum atomic E-state index is 14.6. The van der Waals surface area contributed by atoms with Crippen LogP contribution in [-0.4, -0.2) is 56.3 Å². The lowest BCUT2D eigenvalue weighted by Crippen LogP contribution is -2.53. The molecule has 0 aromatic heterocycles. The molecule has 0 heterocycles. The topological polar surface area (TPSA) is 139 Å². The van der Waals surface area contributed by atoms with Crippen LogP contribution in [0.2, 0.25) is 5.02 Å². The average Bonchev–Trinajstić information content (AvgIpc) is 3.08. The highest BCUT2D eigenvalue weighted by molar-refractivity contribution is 9.10. The third kappa shape index (κ3) is 9.37. The fourth-order valence-electron chi connectivity index (χ4n) is 5.15. The summed E-state index contributed by atoms with van der Waals surface area (Å²) in [5, 5.41) is 14.8. The summed E-state index contributed by atoms with van der Waals surface area (Å²) < 4.78 is 36.0. The molecule has 0 bridgehead atoms. The molecular formula is C35H36BrClN4O7S. The molecule has 4 aromatic carbocycles. The zero-order chi connectivity index (χ0) is 35.7. The van der Waals surface area contributed by atoms with Crippen molar-refractivity contribution in [3.8, 4) is 5.75 Å². The number of methoxy groups -OCH3 is 1. The average molecular weight is 772 g/mol. The second-order valence-electron chi connectivity index (χ2n) is 11.2. The van der Waals surface area contributed by atoms with E-state index in [0.717, 1.165) is 20.4 Å². The fraction of sp³-hybridized carbons (Fsp3) is 0.257. The van der Waals surface area contributed by atoms with Gasteiger partial charge >= 0.3 is 0 Å². The molecule has 49 heavy (non-hydrogen) atoms. The van der Waals surface area contributed by atoms with Crippen LogP contribution >= 0.6 is 27.5 Å². The first-order valence-electron chi connectivity index (χ1n) is 15.3. The number of hydrogen-bond donors (Lipinski definition) is 1. The maximum Gasteiger partial charge on any atom is 0.273 e. The molecule has 1 unspecified atom stereocenters. The summed E-state index contributed by atoms with van der Waals surface area (Å²) in [4.78, 5) is 40.5. The highest BCUT2D eigenvalue weighted by Gasteiger charge is 2.36. The Hall–Kier alpha value is -4.46. The van der Waals surface area contributed by atoms with Gasteiger partial charge in [0.25, 0.3) is 15.7 Å². The third-order valence-corrected chi connectivity index (χ3v) is 10.3. The lowest BCUT2D eigenvalue weighted by Gasteiger charge is -2.34. The van der Waals surface area contributed by atoms with Crippen LogP contribution in [0.1, 0.15) is 30.0 Å². The number of nitrogens with zero attached hydrogens (tertiary/aromatic N) is 3. The minimum Gasteiger partial charge on any atom is -0.495 e. The van der Waals surface area contributed by atoms with Crippen molar-refractivity contribution < 1.29 is 27.7 Å². The molecule has 4 rings (SSSR count). The molecule has 0 fully saturated rings. The van der Waals surface area contributed by atoms with Crippen LogP contribution in [0.25, 0.3) is 0 Å². The SMILES string of the molecule is CCCNC(=O)C(Cc1ccccc1)N(Cc1ccc(Br)cc1)C(=O)CN(c1cc(Cl)ccc1OC)S(=O)(=O)c1ccc(C)c([N+](=O)[O-])c1. The number of benzene rings is 4. The van der Waals surface area contributed by atoms with Crippen LogP contribution in [0.5, 0.6) is 5.75 Å². The largest absolute Gasteiger partial charge is 0.495 e. The first kappa shape index (κ1) is 37.4. The number of ether oxygens (including phenoxy) is 1. The molecular weight excluding hydrogens is 736 g/mol. The summed E-state index contributed by atoms with van der Waals surface area (Å²) in [6, 6.07) is 23.2. The van der Waals surface area contributed by atoms with Crippen LogP contribution in [0.15, 0.2) is 100 Å². The van der Waals surface area contributed by atoms with Gasteiger partial charge < -0.3 is 15.0 Å². The van der Waals surface area contributed by atoms with E-state index in [9.17, 15) is 28.1 Å². The van der Waals surface area contributed by atoms with Crippen molar-refractivity contribution in [1.29, 1.82) is 0 Å². The Morgan fingerprint density at radius 2 is 1.69 bits per heavy atom. The molecule has 1 atom stereocenters. The highest BCUT2D eigenvalue weighted by Crippen LogP contribution is 2.36. The van der Waals surface area contributed by atoms with E-state index in [1.54, 1.807) is 24.3 Å². The van der Waals surface area contributed by atoms with Crippen LogP contribution < -0.4 is 14.4 Å². The van der Waals surface area contributed by atoms with Crippen LogP contribution in [0.3, 0.4) is 0 Å². The number of sulfonamides is 1. The number of halogens is 2. The molecule has 2 amide bonds. The van der Waals surface area contributed by atoms with E-state index in [1.807, 2.05) is 37.3 Å². The zero-order valence-corrected chi connectivity index (χ0v) is 30.3. The minimum absolute atomic E-state index is 0.0280. The van der Waals surface area contributed by atoms with E-state index >= 15 is 0 Å². The summed E-state index contributed by atoms with van der Waals surface area (Å²) in [6.45, 7) is 2.96. The lowest BCUT2D eigenvalue weighted by molar-refractivity contribution is -0.385. The summed E-state index contributed by atoms with van der Waals surface area (Å²) in [5.41, 5.74) is 1.28. The van der Waals surface area contributed by atoms with Gasteiger partial charge in [0.05, 0.1) is 22.6 Å². The molecule has 4 aromatic rings. The Morgan fingerprint density at radius 1 is 1.00 bits per heavy atom. The number of nitro groups is 1. The summed E-state index contributed by atoms with van der Waals surface area (Å²) in [5.74, 6) is -1.02. The quantitative estimate of drug-likeness (QED) is 0.105. The number of carbonyl (C=O) groups is 2. The summed E-state index contributed by atoms with van der Waals surface area (Å²) >= 11 is 9.76. The van der Waals surface area contributed by atoms with Crippen LogP contribution in [-0.2, 0) is 32.6 Å². The van der Waals surface area contributed by atoms with E-state index in [1.165, 1.54) is 49.3 Å². The number of hydrogen-bond acceptors (Lipinski definition) is 7. The van der Waals surface area contributed by atoms with Gasteiger partial charge in [0, 0.05) is 40.6 Å². The van der Waals surface area contributed by atoms with Crippen molar-refractivity contribution in [2.75, 3.05) is 24.5 Å². The van der Waals surface area contributed by atoms with Crippen molar-refractivity contribution >= 4 is 60.7 Å². The molecule has 0 saturated carbocycles. The van der Waals surface area contributed by atoms with E-state index in [4.69, 9.17) is 16.3 Å². The number of amides is 2. The van der Waals surface area contributed by atoms with E-state index in [-0.39, 0.29) is 35.0 Å². The second-order valence-corrected chi connectivity index (χ2v) is 14.4. The van der Waals surface area contributed by atoms with Gasteiger partial charge in [-0.15, -0.1) is 0 Å². The molecule has 0 radical (unpaired) electrons. The number of aryl methyl sites for hydroxylation is 1. The second kappa shape index (κ2) is 16.8. The molecule has 1 N–H and O–H groups in total. The van der Waals surface area contributed by atoms with Gasteiger partial charge in [-0.2, -0.15) is 0 Å². The Balaban J connectivity index is 1.88. The van der Waals surface area contributed by atoms with E-state index in [0.29, 0.717) is 18.5 Å². The number of nitro benzene ring substituents is 1. The molecule has 14 heteroatoms. The Labute approximate surface area is 299 Å². The molecule has 0 spiro atoms. The monoisotopic (exact) mass is 770 g/mol. The normalized spacial score (nSPS) is 11.8.